The Balaban J connectivity index is 1.75. The molecule has 0 unspecified atom stereocenters. The molecule has 2 aromatic heterocycles. The predicted molar refractivity (Wildman–Crippen MR) is 132 cm³/mol. The van der Waals surface area contributed by atoms with Gasteiger partial charge in [0.25, 0.3) is 0 Å². The van der Waals surface area contributed by atoms with Gasteiger partial charge in [-0.1, -0.05) is 76.5 Å². The largest absolute Gasteiger partial charge is 0.371 e. The first-order valence-corrected chi connectivity index (χ1v) is 11.9. The summed E-state index contributed by atoms with van der Waals surface area (Å²) in [6.45, 7) is 9.16. The van der Waals surface area contributed by atoms with Gasteiger partial charge in [-0.2, -0.15) is 5.26 Å². The third-order valence-electron chi connectivity index (χ3n) is 6.15. The van der Waals surface area contributed by atoms with Crippen LogP contribution in [0.4, 0.5) is 5.82 Å². The molecule has 0 aliphatic heterocycles. The highest BCUT2D eigenvalue weighted by atomic mass is 15.1. The molecule has 0 fully saturated rings. The van der Waals surface area contributed by atoms with Crippen molar-refractivity contribution in [3.05, 3.63) is 53.6 Å². The quantitative estimate of drug-likeness (QED) is 0.234. The Bertz CT molecular complexity index is 1050. The molecule has 1 aromatic carbocycles. The Hall–Kier alpha value is -2.80. The van der Waals surface area contributed by atoms with Crippen molar-refractivity contribution in [2.75, 3.05) is 11.9 Å². The summed E-state index contributed by atoms with van der Waals surface area (Å²) in [5.41, 5.74) is 5.48. The highest BCUT2D eigenvalue weighted by molar-refractivity contribution is 5.86. The van der Waals surface area contributed by atoms with Crippen molar-refractivity contribution in [2.24, 2.45) is 0 Å². The van der Waals surface area contributed by atoms with Gasteiger partial charge >= 0.3 is 0 Å². The molecule has 0 aliphatic rings. The van der Waals surface area contributed by atoms with E-state index in [0.717, 1.165) is 53.0 Å². The molecule has 3 aromatic rings. The second kappa shape index (κ2) is 11.6. The van der Waals surface area contributed by atoms with E-state index in [1.165, 1.54) is 51.4 Å². The van der Waals surface area contributed by atoms with Crippen LogP contribution in [0, 0.1) is 18.3 Å². The minimum Gasteiger partial charge on any atom is -0.371 e. The summed E-state index contributed by atoms with van der Waals surface area (Å²) < 4.78 is 2.13. The molecular formula is C27H36N4. The number of para-hydroxylation sites is 2. The molecule has 0 saturated heterocycles. The van der Waals surface area contributed by atoms with Crippen molar-refractivity contribution in [2.45, 2.75) is 78.1 Å². The van der Waals surface area contributed by atoms with E-state index < -0.39 is 0 Å². The Labute approximate surface area is 187 Å². The maximum Gasteiger partial charge on any atom is 0.157 e. The van der Waals surface area contributed by atoms with Crippen LogP contribution in [-0.4, -0.2) is 15.9 Å². The van der Waals surface area contributed by atoms with Crippen LogP contribution in [0.15, 0.2) is 36.9 Å². The second-order valence-corrected chi connectivity index (χ2v) is 8.45. The number of rotatable bonds is 13. The summed E-state index contributed by atoms with van der Waals surface area (Å²) in [6.07, 6.45) is 14.5. The van der Waals surface area contributed by atoms with Gasteiger partial charge in [0.2, 0.25) is 0 Å². The standard InChI is InChI=1S/C27H36N4/c1-4-6-7-8-9-10-11-12-15-19-29-26-22(16-5-2)21(3)23(20-28)27-30-24-17-13-14-18-25(24)31(26)27/h5,13-14,17-18,29H,2,4,6-12,15-16,19H2,1,3H3. The van der Waals surface area contributed by atoms with Crippen LogP contribution in [0.5, 0.6) is 0 Å². The Morgan fingerprint density at radius 3 is 2.42 bits per heavy atom. The average Bonchev–Trinajstić information content (AvgIpc) is 3.16. The molecule has 0 aliphatic carbocycles. The van der Waals surface area contributed by atoms with Crippen LogP contribution in [0.25, 0.3) is 16.7 Å². The monoisotopic (exact) mass is 416 g/mol. The number of anilines is 1. The third kappa shape index (κ3) is 5.28. The number of nitrogens with zero attached hydrogens (tertiary/aromatic N) is 3. The average molecular weight is 417 g/mol. The van der Waals surface area contributed by atoms with E-state index in [0.29, 0.717) is 5.56 Å². The van der Waals surface area contributed by atoms with Crippen molar-refractivity contribution in [1.82, 2.24) is 9.38 Å². The number of imidazole rings is 1. The van der Waals surface area contributed by atoms with Gasteiger partial charge in [0.15, 0.2) is 5.65 Å². The zero-order valence-electron chi connectivity index (χ0n) is 19.2. The van der Waals surface area contributed by atoms with Crippen LogP contribution in [0.3, 0.4) is 0 Å². The van der Waals surface area contributed by atoms with Crippen LogP contribution < -0.4 is 5.32 Å². The maximum atomic E-state index is 9.84. The van der Waals surface area contributed by atoms with Crippen LogP contribution in [-0.2, 0) is 6.42 Å². The summed E-state index contributed by atoms with van der Waals surface area (Å²) in [7, 11) is 0. The molecule has 0 radical (unpaired) electrons. The van der Waals surface area contributed by atoms with Crippen molar-refractivity contribution in [3.8, 4) is 6.07 Å². The normalized spacial score (nSPS) is 11.1. The van der Waals surface area contributed by atoms with Crippen molar-refractivity contribution >= 4 is 22.5 Å². The van der Waals surface area contributed by atoms with Crippen LogP contribution in [0.1, 0.15) is 81.4 Å². The fraction of sp³-hybridized carbons (Fsp3) is 0.481. The van der Waals surface area contributed by atoms with Gasteiger partial charge in [0.1, 0.15) is 11.9 Å². The molecule has 4 nitrogen and oxygen atoms in total. The lowest BCUT2D eigenvalue weighted by Crippen LogP contribution is -2.12. The smallest absolute Gasteiger partial charge is 0.157 e. The first kappa shape index (κ1) is 22.9. The minimum atomic E-state index is 0.654. The zero-order valence-corrected chi connectivity index (χ0v) is 19.2. The number of nitrogens with one attached hydrogen (secondary N) is 1. The number of aromatic nitrogens is 2. The number of nitriles is 1. The lowest BCUT2D eigenvalue weighted by Gasteiger charge is -2.18. The summed E-state index contributed by atoms with van der Waals surface area (Å²) in [6, 6.07) is 10.5. The maximum absolute atomic E-state index is 9.84. The molecular weight excluding hydrogens is 380 g/mol. The Kier molecular flexibility index (Phi) is 8.53. The van der Waals surface area contributed by atoms with Gasteiger partial charge < -0.3 is 5.32 Å². The van der Waals surface area contributed by atoms with E-state index in [1.54, 1.807) is 0 Å². The molecule has 0 amide bonds. The number of pyridine rings is 1. The second-order valence-electron chi connectivity index (χ2n) is 8.45. The number of allylic oxidation sites excluding steroid dienone is 1. The Morgan fingerprint density at radius 2 is 1.74 bits per heavy atom. The van der Waals surface area contributed by atoms with E-state index in [4.69, 9.17) is 4.98 Å². The molecule has 1 N–H and O–H groups in total. The number of benzene rings is 1. The Morgan fingerprint density at radius 1 is 1.06 bits per heavy atom. The number of unbranched alkanes of at least 4 members (excludes halogenated alkanes) is 8. The van der Waals surface area contributed by atoms with E-state index in [2.05, 4.69) is 35.4 Å². The van der Waals surface area contributed by atoms with E-state index >= 15 is 0 Å². The first-order chi connectivity index (χ1) is 15.2. The van der Waals surface area contributed by atoms with Gasteiger partial charge in [-0.05, 0) is 37.5 Å². The highest BCUT2D eigenvalue weighted by Crippen LogP contribution is 2.31. The fourth-order valence-electron chi connectivity index (χ4n) is 4.41. The fourth-order valence-corrected chi connectivity index (χ4v) is 4.41. The van der Waals surface area contributed by atoms with Crippen LogP contribution in [0.2, 0.25) is 0 Å². The third-order valence-corrected chi connectivity index (χ3v) is 6.15. The van der Waals surface area contributed by atoms with Gasteiger partial charge in [-0.3, -0.25) is 4.40 Å². The number of hydrogen-bond acceptors (Lipinski definition) is 3. The molecule has 0 spiro atoms. The van der Waals surface area contributed by atoms with Gasteiger partial charge in [0, 0.05) is 12.1 Å². The van der Waals surface area contributed by atoms with Gasteiger partial charge in [-0.15, -0.1) is 6.58 Å². The number of fused-ring (bicyclic) bond motifs is 3. The van der Waals surface area contributed by atoms with E-state index in [-0.39, 0.29) is 0 Å². The van der Waals surface area contributed by atoms with Crippen LogP contribution >= 0.6 is 0 Å². The van der Waals surface area contributed by atoms with E-state index in [9.17, 15) is 5.26 Å². The zero-order chi connectivity index (χ0) is 22.1. The van der Waals surface area contributed by atoms with Crippen molar-refractivity contribution in [3.63, 3.8) is 0 Å². The molecule has 164 valence electrons. The number of hydrogen-bond donors (Lipinski definition) is 1. The first-order valence-electron chi connectivity index (χ1n) is 11.9. The highest BCUT2D eigenvalue weighted by Gasteiger charge is 2.19. The molecule has 0 saturated carbocycles. The molecule has 3 rings (SSSR count). The molecule has 4 heteroatoms. The van der Waals surface area contributed by atoms with Crippen molar-refractivity contribution in [1.29, 1.82) is 5.26 Å². The SMILES string of the molecule is C=CCc1c(C)c(C#N)c2nc3ccccc3n2c1NCCCCCCCCCCC. The summed E-state index contributed by atoms with van der Waals surface area (Å²) in [4.78, 5) is 4.78. The van der Waals surface area contributed by atoms with Gasteiger partial charge in [-0.25, -0.2) is 4.98 Å². The lowest BCUT2D eigenvalue weighted by atomic mass is 10.0. The minimum absolute atomic E-state index is 0.654. The molecule has 31 heavy (non-hydrogen) atoms. The van der Waals surface area contributed by atoms with E-state index in [1.807, 2.05) is 31.2 Å². The van der Waals surface area contributed by atoms with Gasteiger partial charge in [0.05, 0.1) is 16.6 Å². The summed E-state index contributed by atoms with van der Waals surface area (Å²) in [5, 5.41) is 13.5. The lowest BCUT2D eigenvalue weighted by molar-refractivity contribution is 0.569. The summed E-state index contributed by atoms with van der Waals surface area (Å²) in [5.74, 6) is 1.06. The topological polar surface area (TPSA) is 53.1 Å². The molecule has 0 bridgehead atoms. The molecule has 2 heterocycles. The van der Waals surface area contributed by atoms with Crippen molar-refractivity contribution < 1.29 is 0 Å². The summed E-state index contributed by atoms with van der Waals surface area (Å²) >= 11 is 0. The molecule has 0 atom stereocenters. The predicted octanol–water partition coefficient (Wildman–Crippen LogP) is 7.34.